The number of fused-ring (bicyclic) bond motifs is 3. The van der Waals surface area contributed by atoms with Crippen molar-refractivity contribution in [3.63, 3.8) is 0 Å². The maximum absolute atomic E-state index is 13.5. The van der Waals surface area contributed by atoms with Gasteiger partial charge < -0.3 is 47.9 Å². The third-order valence-electron chi connectivity index (χ3n) is 14.6. The van der Waals surface area contributed by atoms with Crippen LogP contribution in [-0.2, 0) is 35.8 Å². The van der Waals surface area contributed by atoms with Crippen LogP contribution >= 0.6 is 67.6 Å². The third-order valence-corrected chi connectivity index (χ3v) is 17.5. The zero-order valence-corrected chi connectivity index (χ0v) is 61.7. The van der Waals surface area contributed by atoms with Gasteiger partial charge in [0.05, 0.1) is 53.1 Å². The van der Waals surface area contributed by atoms with Gasteiger partial charge in [0.1, 0.15) is 70.3 Å². The molecule has 19 heteroatoms. The van der Waals surface area contributed by atoms with E-state index < -0.39 is 17.8 Å². The molecular formula is C72H84Br3N3O11P2. The number of nitrogens with zero attached hydrogens (tertiary/aromatic N) is 1. The maximum Gasteiger partial charge on any atom is 0.414 e. The summed E-state index contributed by atoms with van der Waals surface area (Å²) >= 11 is 11.0. The van der Waals surface area contributed by atoms with Gasteiger partial charge in [0.15, 0.2) is 0 Å². The number of benzene rings is 7. The minimum absolute atomic E-state index is 0. The molecule has 0 spiro atoms. The molecule has 2 unspecified atom stereocenters. The number of nitrogens with one attached hydrogen (secondary N) is 2. The molecule has 91 heavy (non-hydrogen) atoms. The van der Waals surface area contributed by atoms with Crippen LogP contribution in [0.15, 0.2) is 147 Å². The van der Waals surface area contributed by atoms with Gasteiger partial charge in [0.2, 0.25) is 0 Å². The van der Waals surface area contributed by atoms with Gasteiger partial charge in [-0.1, -0.05) is 66.8 Å². The summed E-state index contributed by atoms with van der Waals surface area (Å²) in [5.74, 6) is 5.66. The third kappa shape index (κ3) is 19.5. The molecular weight excluding hydrogens is 1380 g/mol. The van der Waals surface area contributed by atoms with E-state index in [1.165, 1.54) is 5.56 Å². The van der Waals surface area contributed by atoms with Crippen molar-refractivity contribution in [3.8, 4) is 40.2 Å². The number of halogens is 3. The largest absolute Gasteiger partial charge is 0.497 e. The average Bonchev–Trinajstić information content (AvgIpc) is 1.16. The molecule has 0 saturated heterocycles. The number of hydrogen-bond acceptors (Lipinski definition) is 12. The molecule has 0 bridgehead atoms. The fourth-order valence-electron chi connectivity index (χ4n) is 9.58. The van der Waals surface area contributed by atoms with E-state index in [-0.39, 0.29) is 44.2 Å². The van der Waals surface area contributed by atoms with E-state index in [4.69, 9.17) is 42.6 Å². The fourth-order valence-corrected chi connectivity index (χ4v) is 11.1. The smallest absolute Gasteiger partial charge is 0.414 e. The van der Waals surface area contributed by atoms with E-state index >= 15 is 0 Å². The summed E-state index contributed by atoms with van der Waals surface area (Å²) < 4.78 is 53.5. The second kappa shape index (κ2) is 32.5. The van der Waals surface area contributed by atoms with Crippen molar-refractivity contribution in [1.82, 2.24) is 0 Å². The van der Waals surface area contributed by atoms with Crippen molar-refractivity contribution < 1.29 is 52.2 Å². The number of anilines is 3. The first-order valence-electron chi connectivity index (χ1n) is 29.3. The molecule has 14 nitrogen and oxygen atoms in total. The second-order valence-electron chi connectivity index (χ2n) is 23.0. The number of methoxy groups -OCH3 is 2. The number of rotatable bonds is 17. The average molecular weight is 1470 g/mol. The fraction of sp³-hybridized carbons (Fsp3) is 0.306. The molecule has 0 fully saturated rings. The molecule has 7 aromatic carbocycles. The number of ether oxygens (including phenoxy) is 9. The first-order chi connectivity index (χ1) is 42.4. The predicted molar refractivity (Wildman–Crippen MR) is 389 cm³/mol. The minimum atomic E-state index is -0.509. The van der Waals surface area contributed by atoms with Crippen LogP contribution in [0.5, 0.6) is 40.2 Å². The normalized spacial score (nSPS) is 13.6. The second-order valence-corrected chi connectivity index (χ2v) is 25.4. The van der Waals surface area contributed by atoms with Crippen molar-refractivity contribution in [2.45, 2.75) is 119 Å². The summed E-state index contributed by atoms with van der Waals surface area (Å²) in [6.07, 6.45) is 11.3. The molecule has 7 aromatic rings. The topological polar surface area (TPSA) is 145 Å². The number of carbonyl (C=O) groups is 2. The maximum atomic E-state index is 13.5. The van der Waals surface area contributed by atoms with E-state index in [0.29, 0.717) is 25.4 Å². The summed E-state index contributed by atoms with van der Waals surface area (Å²) in [6, 6.07) is 36.8. The Labute approximate surface area is 568 Å². The molecule has 2 amide bonds. The van der Waals surface area contributed by atoms with Gasteiger partial charge in [-0.15, -0.1) is 0 Å². The van der Waals surface area contributed by atoms with Crippen LogP contribution in [0.2, 0.25) is 0 Å². The lowest BCUT2D eigenvalue weighted by atomic mass is 9.99. The zero-order chi connectivity index (χ0) is 64.2. The SMILES string of the molecule is CCOc1ccc(COC(=O)N(Cc2ccc(OC)cc2)c2cc3c(c(Br)c2C)OC(C)(C)C=C3)cc1.CCOc1ccc(COC(=O)Nc2cc3c(c(Br)c2C)OC(C)(C)C=C3)cc1.COc1ccc(CNc2cc3c(c(Br)c2C)OC(C)(C)C=C3)cc1.P.P. The first kappa shape index (κ1) is 73.1. The van der Waals surface area contributed by atoms with E-state index in [2.05, 4.69) is 110 Å². The Hall–Kier alpha value is -7.00. The number of amides is 2. The van der Waals surface area contributed by atoms with Gasteiger partial charge in [0.25, 0.3) is 0 Å². The summed E-state index contributed by atoms with van der Waals surface area (Å²) in [4.78, 5) is 27.5. The van der Waals surface area contributed by atoms with Crippen LogP contribution in [0.3, 0.4) is 0 Å². The summed E-state index contributed by atoms with van der Waals surface area (Å²) in [5.41, 5.74) is 11.2. The Bertz CT molecular complexity index is 3740. The number of carbonyl (C=O) groups excluding carboxylic acids is 2. The van der Waals surface area contributed by atoms with Gasteiger partial charge in [-0.05, 0) is 248 Å². The van der Waals surface area contributed by atoms with E-state index in [1.807, 2.05) is 177 Å². The highest BCUT2D eigenvalue weighted by Gasteiger charge is 2.30. The Balaban J connectivity index is 0.000000220. The van der Waals surface area contributed by atoms with Crippen molar-refractivity contribution in [3.05, 3.63) is 203 Å². The summed E-state index contributed by atoms with van der Waals surface area (Å²) in [6.45, 7) is 24.6. The van der Waals surface area contributed by atoms with Gasteiger partial charge in [-0.2, -0.15) is 19.8 Å². The van der Waals surface area contributed by atoms with E-state index in [1.54, 1.807) is 19.1 Å². The van der Waals surface area contributed by atoms with Crippen LogP contribution in [-0.4, -0.2) is 56.4 Å². The van der Waals surface area contributed by atoms with Crippen LogP contribution in [0, 0.1) is 20.8 Å². The van der Waals surface area contributed by atoms with E-state index in [9.17, 15) is 9.59 Å². The van der Waals surface area contributed by atoms with E-state index in [0.717, 1.165) is 122 Å². The van der Waals surface area contributed by atoms with Gasteiger partial charge in [-0.25, -0.2) is 9.59 Å². The Morgan fingerprint density at radius 2 is 0.868 bits per heavy atom. The highest BCUT2D eigenvalue weighted by atomic mass is 79.9. The highest BCUT2D eigenvalue weighted by molar-refractivity contribution is 9.11. The first-order valence-corrected chi connectivity index (χ1v) is 31.7. The van der Waals surface area contributed by atoms with Gasteiger partial charge in [0, 0.05) is 34.6 Å². The molecule has 10 rings (SSSR count). The lowest BCUT2D eigenvalue weighted by Crippen LogP contribution is -2.32. The lowest BCUT2D eigenvalue weighted by Gasteiger charge is -2.31. The summed E-state index contributed by atoms with van der Waals surface area (Å²) in [5, 5.41) is 6.34. The Morgan fingerprint density at radius 3 is 1.31 bits per heavy atom. The molecule has 0 aliphatic carbocycles. The molecule has 3 heterocycles. The minimum Gasteiger partial charge on any atom is -0.497 e. The molecule has 484 valence electrons. The summed E-state index contributed by atoms with van der Waals surface area (Å²) in [7, 11) is 3.31. The molecule has 0 radical (unpaired) electrons. The van der Waals surface area contributed by atoms with Gasteiger partial charge >= 0.3 is 12.2 Å². The Kier molecular flexibility index (Phi) is 26.1. The van der Waals surface area contributed by atoms with Gasteiger partial charge in [-0.3, -0.25) is 10.2 Å². The van der Waals surface area contributed by atoms with Crippen molar-refractivity contribution in [1.29, 1.82) is 0 Å². The quantitative estimate of drug-likeness (QED) is 0.0838. The number of hydrogen-bond donors (Lipinski definition) is 2. The molecule has 0 saturated carbocycles. The lowest BCUT2D eigenvalue weighted by molar-refractivity contribution is 0.146. The van der Waals surface area contributed by atoms with Crippen molar-refractivity contribution in [2.24, 2.45) is 0 Å². The van der Waals surface area contributed by atoms with Crippen LogP contribution in [0.4, 0.5) is 26.7 Å². The predicted octanol–water partition coefficient (Wildman–Crippen LogP) is 19.5. The zero-order valence-electron chi connectivity index (χ0n) is 54.2. The van der Waals surface area contributed by atoms with Crippen LogP contribution in [0.25, 0.3) is 18.2 Å². The molecule has 3 aliphatic rings. The van der Waals surface area contributed by atoms with Crippen LogP contribution < -0.4 is 48.7 Å². The standard InChI is InChI=1S/C30H32BrNO5.C22H24BrNO4.C20H22BrNO2.2H3P/c1-6-35-25-13-9-22(10-14-25)19-36-29(33)32(18-21-7-11-24(34-5)12-8-21)26-17-23-15-16-30(3,4)37-28(23)27(31)20(26)2;1-5-26-17-8-6-15(7-9-17)13-27-21(25)24-18-12-16-10-11-22(3,4)28-20(16)19(23)14(18)2;1-13-17(22-12-14-5-7-16(23-4)8-6-14)11-15-9-10-20(2,3)24-19(15)18(13)21;;/h7-17H,6,18-19H2,1-5H3;6-12H,5,13H2,1-4H3,(H,24,25);5-11,22H,12H2,1-4H3;2*1H3. The molecule has 2 N–H and O–H groups in total. The van der Waals surface area contributed by atoms with Crippen molar-refractivity contribution in [2.75, 3.05) is 43.0 Å². The highest BCUT2D eigenvalue weighted by Crippen LogP contribution is 2.46. The monoisotopic (exact) mass is 1470 g/mol. The van der Waals surface area contributed by atoms with Crippen molar-refractivity contribution >= 4 is 115 Å². The molecule has 3 aliphatic heterocycles. The Morgan fingerprint density at radius 1 is 0.495 bits per heavy atom. The van der Waals surface area contributed by atoms with Crippen LogP contribution in [0.1, 0.15) is 111 Å². The molecule has 2 atom stereocenters. The molecule has 0 aromatic heterocycles.